The van der Waals surface area contributed by atoms with Crippen molar-refractivity contribution < 1.29 is 56.6 Å². The topological polar surface area (TPSA) is 264 Å². The number of nitrogens with one attached hydrogen (secondary N) is 1. The van der Waals surface area contributed by atoms with Crippen molar-refractivity contribution in [3.63, 3.8) is 0 Å². The summed E-state index contributed by atoms with van der Waals surface area (Å²) in [5.74, 6) is 0.835. The minimum atomic E-state index is -0.771. The third-order valence-electron chi connectivity index (χ3n) is 10.6. The number of furan rings is 3. The van der Waals surface area contributed by atoms with E-state index in [0.717, 1.165) is 0 Å². The summed E-state index contributed by atoms with van der Waals surface area (Å²) in [5, 5.41) is 13.1. The number of hydrogen-bond donors (Lipinski definition) is 4. The Balaban J connectivity index is 1.39. The fourth-order valence-corrected chi connectivity index (χ4v) is 7.05. The van der Waals surface area contributed by atoms with Crippen LogP contribution in [0.25, 0.3) is 0 Å². The summed E-state index contributed by atoms with van der Waals surface area (Å²) in [6.07, 6.45) is 10.7. The molecular weight excluding hydrogens is 883 g/mol. The van der Waals surface area contributed by atoms with Gasteiger partial charge in [-0.1, -0.05) is 18.6 Å². The zero-order chi connectivity index (χ0) is 48.8. The van der Waals surface area contributed by atoms with Crippen molar-refractivity contribution in [3.05, 3.63) is 109 Å². The van der Waals surface area contributed by atoms with Crippen LogP contribution in [0.15, 0.2) is 98.9 Å². The SMILES string of the molecule is C#CCNCC(=C)N(CC(=O)N(CCO)CC(=O)N(CC(=O)N(CC(=O)N(CCCCN)CC(=O)N(CC(N)=O)Cc1ccco1)Cc1ccco1)Cc1ccc2c(c1)OCO2)Cc1ccco1. The quantitative estimate of drug-likeness (QED) is 0.0414. The zero-order valence-electron chi connectivity index (χ0n) is 37.9. The van der Waals surface area contributed by atoms with E-state index >= 15 is 0 Å². The van der Waals surface area contributed by atoms with E-state index in [-0.39, 0.29) is 65.7 Å². The summed E-state index contributed by atoms with van der Waals surface area (Å²) in [4.78, 5) is 90.9. The van der Waals surface area contributed by atoms with Gasteiger partial charge in [-0.3, -0.25) is 28.8 Å². The first-order valence-electron chi connectivity index (χ1n) is 21.9. The Kier molecular flexibility index (Phi) is 20.1. The fourth-order valence-electron chi connectivity index (χ4n) is 7.05. The average Bonchev–Trinajstić information content (AvgIpc) is 4.18. The Morgan fingerprint density at radius 3 is 1.65 bits per heavy atom. The smallest absolute Gasteiger partial charge is 0.243 e. The van der Waals surface area contributed by atoms with E-state index < -0.39 is 74.8 Å². The van der Waals surface area contributed by atoms with Crippen LogP contribution in [0.3, 0.4) is 0 Å². The standard InChI is InChI=1S/C47H59N9O12/c1-3-15-50-23-35(2)53(25-37-9-6-19-64-37)31-43(59)52(17-18-57)30-45(61)54(24-36-12-13-40-41(22-36)68-34-67-40)33-47(63)56(27-39-11-8-21-66-39)32-44(60)51(16-5-4-14-48)29-46(62)55(28-42(49)58)26-38-10-7-20-65-38/h1,6-13,19-22,50,57H,2,4-5,14-18,23-34,48H2,(H2,49,58). The van der Waals surface area contributed by atoms with Gasteiger partial charge in [-0.15, -0.1) is 6.42 Å². The molecule has 0 atom stereocenters. The first-order valence-corrected chi connectivity index (χ1v) is 21.9. The van der Waals surface area contributed by atoms with Gasteiger partial charge in [-0.05, 0) is 73.5 Å². The molecule has 364 valence electrons. The fraction of sp³-hybridized carbons (Fsp3) is 0.404. The van der Waals surface area contributed by atoms with Gasteiger partial charge in [0.15, 0.2) is 11.5 Å². The zero-order valence-corrected chi connectivity index (χ0v) is 37.9. The summed E-state index contributed by atoms with van der Waals surface area (Å²) in [6.45, 7) is 1.28. The molecule has 0 fully saturated rings. The first-order chi connectivity index (χ1) is 32.9. The molecule has 0 bridgehead atoms. The number of nitrogens with two attached hydrogens (primary N) is 2. The lowest BCUT2D eigenvalue weighted by Gasteiger charge is -2.32. The lowest BCUT2D eigenvalue weighted by atomic mass is 10.1. The van der Waals surface area contributed by atoms with Crippen LogP contribution < -0.4 is 26.3 Å². The molecule has 0 spiro atoms. The molecule has 1 aliphatic rings. The number of nitrogens with zero attached hydrogens (tertiary/aromatic N) is 6. The van der Waals surface area contributed by atoms with Gasteiger partial charge in [0, 0.05) is 31.9 Å². The first kappa shape index (κ1) is 51.4. The van der Waals surface area contributed by atoms with Gasteiger partial charge in [0.05, 0.1) is 77.8 Å². The minimum absolute atomic E-state index is 0.000752. The number of terminal acetylenes is 1. The maximum Gasteiger partial charge on any atom is 0.243 e. The second kappa shape index (κ2) is 26.6. The number of unbranched alkanes of at least 4 members (excludes halogenated alkanes) is 1. The number of aliphatic hydroxyl groups is 1. The number of carbonyl (C=O) groups excluding carboxylic acids is 6. The monoisotopic (exact) mass is 941 g/mol. The van der Waals surface area contributed by atoms with Gasteiger partial charge in [0.2, 0.25) is 42.2 Å². The molecule has 0 saturated carbocycles. The summed E-state index contributed by atoms with van der Waals surface area (Å²) in [6, 6.07) is 15.0. The van der Waals surface area contributed by atoms with Crippen LogP contribution in [0.4, 0.5) is 0 Å². The van der Waals surface area contributed by atoms with E-state index in [1.54, 1.807) is 59.5 Å². The molecule has 6 N–H and O–H groups in total. The maximum absolute atomic E-state index is 14.6. The Labute approximate surface area is 394 Å². The summed E-state index contributed by atoms with van der Waals surface area (Å²) < 4.78 is 27.5. The number of fused-ring (bicyclic) bond motifs is 1. The molecule has 6 amide bonds. The highest BCUT2D eigenvalue weighted by atomic mass is 16.7. The second-order valence-corrected chi connectivity index (χ2v) is 15.7. The minimum Gasteiger partial charge on any atom is -0.467 e. The van der Waals surface area contributed by atoms with Crippen molar-refractivity contribution in [1.82, 2.24) is 34.7 Å². The molecule has 1 aliphatic heterocycles. The average molecular weight is 942 g/mol. The van der Waals surface area contributed by atoms with Crippen LogP contribution in [0, 0.1) is 12.3 Å². The van der Waals surface area contributed by atoms with Crippen molar-refractivity contribution >= 4 is 35.4 Å². The number of amides is 6. The lowest BCUT2D eigenvalue weighted by Crippen LogP contribution is -2.51. The van der Waals surface area contributed by atoms with Crippen molar-refractivity contribution in [1.29, 1.82) is 0 Å². The number of benzene rings is 1. The number of rotatable bonds is 30. The van der Waals surface area contributed by atoms with Gasteiger partial charge in [-0.25, -0.2) is 0 Å². The predicted octanol–water partition coefficient (Wildman–Crippen LogP) is 0.693. The molecule has 4 aromatic rings. The van der Waals surface area contributed by atoms with Crippen LogP contribution in [0.5, 0.6) is 11.5 Å². The van der Waals surface area contributed by atoms with Crippen molar-refractivity contribution in [2.45, 2.75) is 39.0 Å². The second-order valence-electron chi connectivity index (χ2n) is 15.7. The van der Waals surface area contributed by atoms with Crippen LogP contribution in [-0.2, 0) is 54.9 Å². The van der Waals surface area contributed by atoms with Gasteiger partial charge < -0.3 is 74.0 Å². The van der Waals surface area contributed by atoms with Crippen LogP contribution >= 0.6 is 0 Å². The molecule has 68 heavy (non-hydrogen) atoms. The molecule has 21 heteroatoms. The van der Waals surface area contributed by atoms with E-state index in [1.165, 1.54) is 43.3 Å². The van der Waals surface area contributed by atoms with Crippen LogP contribution in [0.1, 0.15) is 35.7 Å². The third kappa shape index (κ3) is 16.1. The number of aliphatic hydroxyl groups excluding tert-OH is 1. The molecule has 4 heterocycles. The lowest BCUT2D eigenvalue weighted by molar-refractivity contribution is -0.148. The Bertz CT molecular complexity index is 2310. The maximum atomic E-state index is 14.6. The normalized spacial score (nSPS) is 11.4. The molecular formula is C47H59N9O12. The van der Waals surface area contributed by atoms with Gasteiger partial charge >= 0.3 is 0 Å². The summed E-state index contributed by atoms with van der Waals surface area (Å²) >= 11 is 0. The molecule has 5 rings (SSSR count). The molecule has 0 aliphatic carbocycles. The van der Waals surface area contributed by atoms with E-state index in [4.69, 9.17) is 40.6 Å². The highest BCUT2D eigenvalue weighted by Crippen LogP contribution is 2.33. The summed E-state index contributed by atoms with van der Waals surface area (Å²) in [7, 11) is 0. The van der Waals surface area contributed by atoms with E-state index in [1.807, 2.05) is 0 Å². The molecule has 0 radical (unpaired) electrons. The van der Waals surface area contributed by atoms with Crippen molar-refractivity contribution in [2.24, 2.45) is 11.5 Å². The van der Waals surface area contributed by atoms with Gasteiger partial charge in [0.1, 0.15) is 30.4 Å². The molecule has 1 aromatic carbocycles. The molecule has 3 aromatic heterocycles. The van der Waals surface area contributed by atoms with E-state index in [9.17, 15) is 33.9 Å². The van der Waals surface area contributed by atoms with Crippen molar-refractivity contribution in [2.75, 3.05) is 85.4 Å². The van der Waals surface area contributed by atoms with Crippen LogP contribution in [0.2, 0.25) is 0 Å². The Hall–Kier alpha value is -7.54. The summed E-state index contributed by atoms with van der Waals surface area (Å²) in [5.41, 5.74) is 12.3. The number of carbonyl (C=O) groups is 6. The molecule has 0 saturated heterocycles. The number of hydrogen-bond acceptors (Lipinski definition) is 15. The van der Waals surface area contributed by atoms with Gasteiger partial charge in [-0.2, -0.15) is 0 Å². The van der Waals surface area contributed by atoms with E-state index in [0.29, 0.717) is 59.4 Å². The Morgan fingerprint density at radius 2 is 1.13 bits per heavy atom. The number of primary amides is 1. The molecule has 21 nitrogen and oxygen atoms in total. The van der Waals surface area contributed by atoms with E-state index in [2.05, 4.69) is 17.8 Å². The largest absolute Gasteiger partial charge is 0.467 e. The van der Waals surface area contributed by atoms with Crippen LogP contribution in [-0.4, -0.2) is 155 Å². The highest BCUT2D eigenvalue weighted by Gasteiger charge is 2.30. The van der Waals surface area contributed by atoms with Gasteiger partial charge in [0.25, 0.3) is 0 Å². The van der Waals surface area contributed by atoms with Crippen molar-refractivity contribution in [3.8, 4) is 23.8 Å². The predicted molar refractivity (Wildman–Crippen MR) is 244 cm³/mol. The number of ether oxygens (including phenoxy) is 2. The molecule has 0 unspecified atom stereocenters. The Morgan fingerprint density at radius 1 is 0.647 bits per heavy atom. The third-order valence-corrected chi connectivity index (χ3v) is 10.6. The highest BCUT2D eigenvalue weighted by molar-refractivity contribution is 5.92.